The Balaban J connectivity index is 1.71. The molecule has 2 aliphatic heterocycles. The third-order valence-electron chi connectivity index (χ3n) is 4.55. The maximum Gasteiger partial charge on any atom is 0.120 e. The Morgan fingerprint density at radius 2 is 2.11 bits per heavy atom. The van der Waals surface area contributed by atoms with Gasteiger partial charge in [0.2, 0.25) is 0 Å². The highest BCUT2D eigenvalue weighted by Crippen LogP contribution is 2.32. The van der Waals surface area contributed by atoms with Crippen molar-refractivity contribution >= 4 is 0 Å². The van der Waals surface area contributed by atoms with Crippen molar-refractivity contribution in [2.75, 3.05) is 13.1 Å². The van der Waals surface area contributed by atoms with Crippen LogP contribution in [0.1, 0.15) is 37.8 Å². The van der Waals surface area contributed by atoms with Crippen LogP contribution < -0.4 is 5.32 Å². The van der Waals surface area contributed by atoms with Gasteiger partial charge in [-0.15, -0.1) is 0 Å². The van der Waals surface area contributed by atoms with Crippen LogP contribution in [0.4, 0.5) is 0 Å². The number of phenols is 2. The highest BCUT2D eigenvalue weighted by molar-refractivity contribution is 5.40. The van der Waals surface area contributed by atoms with E-state index in [2.05, 4.69) is 10.2 Å². The standard InChI is InChI=1S/C15H22N2O2/c1-10(12-9-11(18)4-5-15(12)19)16-13-6-8-17-7-2-3-14(13)17/h4-5,9-10,13-14,16,18-19H,2-3,6-8H2,1H3. The van der Waals surface area contributed by atoms with Gasteiger partial charge in [0, 0.05) is 30.2 Å². The van der Waals surface area contributed by atoms with Gasteiger partial charge < -0.3 is 15.5 Å². The van der Waals surface area contributed by atoms with Crippen LogP contribution >= 0.6 is 0 Å². The molecule has 4 nitrogen and oxygen atoms in total. The second kappa shape index (κ2) is 5.02. The SMILES string of the molecule is CC(NC1CCN2CCCC12)c1cc(O)ccc1O. The normalized spacial score (nSPS) is 28.5. The molecule has 3 N–H and O–H groups in total. The van der Waals surface area contributed by atoms with Crippen LogP contribution in [-0.4, -0.2) is 40.3 Å². The fourth-order valence-corrected chi connectivity index (χ4v) is 3.58. The number of phenolic OH excluding ortho intramolecular Hbond substituents is 2. The molecule has 0 amide bonds. The molecule has 0 aliphatic carbocycles. The lowest BCUT2D eigenvalue weighted by molar-refractivity contribution is 0.290. The number of nitrogens with zero attached hydrogens (tertiary/aromatic N) is 1. The van der Waals surface area contributed by atoms with E-state index >= 15 is 0 Å². The van der Waals surface area contributed by atoms with Gasteiger partial charge >= 0.3 is 0 Å². The van der Waals surface area contributed by atoms with E-state index in [1.165, 1.54) is 38.4 Å². The van der Waals surface area contributed by atoms with Gasteiger partial charge in [0.1, 0.15) is 11.5 Å². The van der Waals surface area contributed by atoms with Crippen molar-refractivity contribution in [2.45, 2.75) is 44.3 Å². The third-order valence-corrected chi connectivity index (χ3v) is 4.55. The second-order valence-corrected chi connectivity index (χ2v) is 5.77. The van der Waals surface area contributed by atoms with Crippen molar-refractivity contribution in [2.24, 2.45) is 0 Å². The number of nitrogens with one attached hydrogen (secondary N) is 1. The first-order chi connectivity index (χ1) is 9.15. The summed E-state index contributed by atoms with van der Waals surface area (Å²) in [6.07, 6.45) is 3.75. The molecular formula is C15H22N2O2. The summed E-state index contributed by atoms with van der Waals surface area (Å²) in [6.45, 7) is 4.46. The summed E-state index contributed by atoms with van der Waals surface area (Å²) >= 11 is 0. The largest absolute Gasteiger partial charge is 0.508 e. The maximum absolute atomic E-state index is 9.91. The predicted molar refractivity (Wildman–Crippen MR) is 74.3 cm³/mol. The number of benzene rings is 1. The molecule has 1 aromatic carbocycles. The average Bonchev–Trinajstić information content (AvgIpc) is 2.97. The molecule has 3 unspecified atom stereocenters. The fraction of sp³-hybridized carbons (Fsp3) is 0.600. The minimum Gasteiger partial charge on any atom is -0.508 e. The highest BCUT2D eigenvalue weighted by Gasteiger charge is 2.37. The Bertz CT molecular complexity index is 463. The zero-order valence-electron chi connectivity index (χ0n) is 11.3. The maximum atomic E-state index is 9.91. The minimum atomic E-state index is 0.0534. The number of hydrogen-bond acceptors (Lipinski definition) is 4. The zero-order valence-corrected chi connectivity index (χ0v) is 11.3. The Morgan fingerprint density at radius 3 is 2.95 bits per heavy atom. The van der Waals surface area contributed by atoms with E-state index in [-0.39, 0.29) is 17.5 Å². The molecule has 0 radical (unpaired) electrons. The molecule has 104 valence electrons. The Hall–Kier alpha value is -1.26. The van der Waals surface area contributed by atoms with Crippen LogP contribution in [0.5, 0.6) is 11.5 Å². The van der Waals surface area contributed by atoms with E-state index in [0.717, 1.165) is 5.56 Å². The van der Waals surface area contributed by atoms with Crippen molar-refractivity contribution < 1.29 is 10.2 Å². The Kier molecular flexibility index (Phi) is 3.37. The van der Waals surface area contributed by atoms with Crippen molar-refractivity contribution in [1.82, 2.24) is 10.2 Å². The van der Waals surface area contributed by atoms with E-state index in [4.69, 9.17) is 0 Å². The molecule has 0 spiro atoms. The number of aromatic hydroxyl groups is 2. The van der Waals surface area contributed by atoms with Gasteiger partial charge in [0.05, 0.1) is 0 Å². The molecule has 19 heavy (non-hydrogen) atoms. The highest BCUT2D eigenvalue weighted by atomic mass is 16.3. The molecule has 0 saturated carbocycles. The van der Waals surface area contributed by atoms with E-state index in [1.807, 2.05) is 6.92 Å². The van der Waals surface area contributed by atoms with Crippen LogP contribution in [0, 0.1) is 0 Å². The molecule has 0 bridgehead atoms. The van der Waals surface area contributed by atoms with Crippen LogP contribution in [0.25, 0.3) is 0 Å². The molecule has 2 aliphatic rings. The van der Waals surface area contributed by atoms with Crippen LogP contribution in [0.2, 0.25) is 0 Å². The summed E-state index contributed by atoms with van der Waals surface area (Å²) in [6, 6.07) is 5.92. The summed E-state index contributed by atoms with van der Waals surface area (Å²) in [7, 11) is 0. The lowest BCUT2D eigenvalue weighted by atomic mass is 10.0. The van der Waals surface area contributed by atoms with Crippen molar-refractivity contribution in [3.63, 3.8) is 0 Å². The molecule has 2 heterocycles. The first kappa shape index (κ1) is 12.8. The third kappa shape index (κ3) is 2.42. The average molecular weight is 262 g/mol. The van der Waals surface area contributed by atoms with E-state index in [0.29, 0.717) is 12.1 Å². The number of hydrogen-bond donors (Lipinski definition) is 3. The minimum absolute atomic E-state index is 0.0534. The first-order valence-corrected chi connectivity index (χ1v) is 7.17. The summed E-state index contributed by atoms with van der Waals surface area (Å²) in [5, 5.41) is 23.1. The molecule has 2 saturated heterocycles. The van der Waals surface area contributed by atoms with Crippen LogP contribution in [0.3, 0.4) is 0 Å². The second-order valence-electron chi connectivity index (χ2n) is 5.77. The van der Waals surface area contributed by atoms with Gasteiger partial charge in [-0.3, -0.25) is 4.90 Å². The van der Waals surface area contributed by atoms with E-state index in [1.54, 1.807) is 12.1 Å². The molecule has 3 atom stereocenters. The van der Waals surface area contributed by atoms with Gasteiger partial charge in [-0.05, 0) is 50.9 Å². The summed E-state index contributed by atoms with van der Waals surface area (Å²) in [5.74, 6) is 0.453. The number of fused-ring (bicyclic) bond motifs is 1. The first-order valence-electron chi connectivity index (χ1n) is 7.17. The van der Waals surface area contributed by atoms with Gasteiger partial charge in [-0.2, -0.15) is 0 Å². The Labute approximate surface area is 114 Å². The Morgan fingerprint density at radius 1 is 1.26 bits per heavy atom. The molecule has 0 aromatic heterocycles. The summed E-state index contributed by atoms with van der Waals surface area (Å²) in [4.78, 5) is 2.56. The lowest BCUT2D eigenvalue weighted by Gasteiger charge is -2.25. The van der Waals surface area contributed by atoms with E-state index in [9.17, 15) is 10.2 Å². The van der Waals surface area contributed by atoms with Gasteiger partial charge in [-0.1, -0.05) is 0 Å². The van der Waals surface area contributed by atoms with E-state index < -0.39 is 0 Å². The number of rotatable bonds is 3. The fourth-order valence-electron chi connectivity index (χ4n) is 3.58. The summed E-state index contributed by atoms with van der Waals surface area (Å²) in [5.41, 5.74) is 0.774. The van der Waals surface area contributed by atoms with Crippen molar-refractivity contribution in [3.05, 3.63) is 23.8 Å². The topological polar surface area (TPSA) is 55.7 Å². The van der Waals surface area contributed by atoms with Crippen LogP contribution in [-0.2, 0) is 0 Å². The monoisotopic (exact) mass is 262 g/mol. The predicted octanol–water partition coefficient (Wildman–Crippen LogP) is 1.99. The van der Waals surface area contributed by atoms with Crippen molar-refractivity contribution in [3.8, 4) is 11.5 Å². The summed E-state index contributed by atoms with van der Waals surface area (Å²) < 4.78 is 0. The smallest absolute Gasteiger partial charge is 0.120 e. The molecule has 2 fully saturated rings. The van der Waals surface area contributed by atoms with Crippen LogP contribution in [0.15, 0.2) is 18.2 Å². The van der Waals surface area contributed by atoms with Gasteiger partial charge in [-0.25, -0.2) is 0 Å². The molecule has 3 rings (SSSR count). The van der Waals surface area contributed by atoms with Gasteiger partial charge in [0.15, 0.2) is 0 Å². The molecule has 4 heteroatoms. The molecular weight excluding hydrogens is 240 g/mol. The van der Waals surface area contributed by atoms with Gasteiger partial charge in [0.25, 0.3) is 0 Å². The van der Waals surface area contributed by atoms with Crippen molar-refractivity contribution in [1.29, 1.82) is 0 Å². The lowest BCUT2D eigenvalue weighted by Crippen LogP contribution is -2.40. The molecule has 1 aromatic rings. The quantitative estimate of drug-likeness (QED) is 0.729. The zero-order chi connectivity index (χ0) is 13.4.